The Bertz CT molecular complexity index is 245. The summed E-state index contributed by atoms with van der Waals surface area (Å²) in [6.45, 7) is 4.11. The molecule has 0 aliphatic heterocycles. The van der Waals surface area contributed by atoms with E-state index in [9.17, 15) is 0 Å². The lowest BCUT2D eigenvalue weighted by atomic mass is 10.1. The summed E-state index contributed by atoms with van der Waals surface area (Å²) < 4.78 is 5.49. The van der Waals surface area contributed by atoms with Crippen LogP contribution in [0.2, 0.25) is 0 Å². The standard InChI is InChI=1S/C10H18N2O/c1-3-4-5-9(12-11)10-7-6-8(2)13-10/h6-7,9,12H,3-5,11H2,1-2H3. The molecule has 13 heavy (non-hydrogen) atoms. The van der Waals surface area contributed by atoms with Crippen LogP contribution in [0.1, 0.15) is 43.7 Å². The van der Waals surface area contributed by atoms with Crippen molar-refractivity contribution in [3.05, 3.63) is 23.7 Å². The molecule has 1 rings (SSSR count). The van der Waals surface area contributed by atoms with Gasteiger partial charge in [-0.25, -0.2) is 5.43 Å². The molecule has 0 aliphatic carbocycles. The number of unbranched alkanes of at least 4 members (excludes halogenated alkanes) is 1. The Balaban J connectivity index is 2.56. The molecule has 0 amide bonds. The van der Waals surface area contributed by atoms with Gasteiger partial charge in [0.25, 0.3) is 0 Å². The number of hydrogen-bond acceptors (Lipinski definition) is 3. The Kier molecular flexibility index (Phi) is 3.99. The van der Waals surface area contributed by atoms with Gasteiger partial charge < -0.3 is 4.42 Å². The smallest absolute Gasteiger partial charge is 0.122 e. The summed E-state index contributed by atoms with van der Waals surface area (Å²) in [5, 5.41) is 0. The second-order valence-corrected chi connectivity index (χ2v) is 3.31. The average molecular weight is 182 g/mol. The van der Waals surface area contributed by atoms with Crippen LogP contribution in [-0.2, 0) is 0 Å². The Morgan fingerprint density at radius 2 is 2.31 bits per heavy atom. The number of nitrogens with one attached hydrogen (secondary N) is 1. The summed E-state index contributed by atoms with van der Waals surface area (Å²) in [4.78, 5) is 0. The van der Waals surface area contributed by atoms with Crippen LogP contribution in [0.25, 0.3) is 0 Å². The highest BCUT2D eigenvalue weighted by molar-refractivity contribution is 5.09. The zero-order valence-corrected chi connectivity index (χ0v) is 8.34. The Labute approximate surface area is 79.3 Å². The van der Waals surface area contributed by atoms with E-state index in [2.05, 4.69) is 12.3 Å². The van der Waals surface area contributed by atoms with E-state index in [4.69, 9.17) is 10.3 Å². The van der Waals surface area contributed by atoms with Crippen LogP contribution in [0.5, 0.6) is 0 Å². The molecule has 0 aliphatic rings. The van der Waals surface area contributed by atoms with Gasteiger partial charge >= 0.3 is 0 Å². The summed E-state index contributed by atoms with van der Waals surface area (Å²) in [5.41, 5.74) is 2.77. The van der Waals surface area contributed by atoms with E-state index in [1.807, 2.05) is 19.1 Å². The molecule has 0 aromatic carbocycles. The largest absolute Gasteiger partial charge is 0.465 e. The fourth-order valence-electron chi connectivity index (χ4n) is 1.36. The van der Waals surface area contributed by atoms with Crippen LogP contribution in [0.4, 0.5) is 0 Å². The minimum atomic E-state index is 0.161. The van der Waals surface area contributed by atoms with E-state index in [0.29, 0.717) is 0 Å². The normalized spacial score (nSPS) is 13.2. The number of hydrogen-bond donors (Lipinski definition) is 2. The first-order valence-electron chi connectivity index (χ1n) is 4.80. The highest BCUT2D eigenvalue weighted by atomic mass is 16.3. The predicted molar refractivity (Wildman–Crippen MR) is 53.0 cm³/mol. The van der Waals surface area contributed by atoms with Crippen LogP contribution < -0.4 is 11.3 Å². The molecule has 3 heteroatoms. The molecule has 1 atom stereocenters. The number of hydrazine groups is 1. The van der Waals surface area contributed by atoms with E-state index in [-0.39, 0.29) is 6.04 Å². The van der Waals surface area contributed by atoms with Crippen molar-refractivity contribution in [1.29, 1.82) is 0 Å². The van der Waals surface area contributed by atoms with E-state index in [1.165, 1.54) is 6.42 Å². The molecule has 3 nitrogen and oxygen atoms in total. The SMILES string of the molecule is CCCCC(NN)c1ccc(C)o1. The van der Waals surface area contributed by atoms with Gasteiger partial charge in [0, 0.05) is 0 Å². The van der Waals surface area contributed by atoms with Crippen molar-refractivity contribution in [2.75, 3.05) is 0 Å². The third-order valence-electron chi connectivity index (χ3n) is 2.15. The van der Waals surface area contributed by atoms with Gasteiger partial charge in [0.2, 0.25) is 0 Å². The molecule has 0 spiro atoms. The predicted octanol–water partition coefficient (Wildman–Crippen LogP) is 2.28. The van der Waals surface area contributed by atoms with Crippen molar-refractivity contribution in [2.45, 2.75) is 39.2 Å². The van der Waals surface area contributed by atoms with E-state index in [0.717, 1.165) is 24.4 Å². The number of aryl methyl sites for hydroxylation is 1. The average Bonchev–Trinajstić information content (AvgIpc) is 2.54. The van der Waals surface area contributed by atoms with E-state index >= 15 is 0 Å². The summed E-state index contributed by atoms with van der Waals surface area (Å²) >= 11 is 0. The lowest BCUT2D eigenvalue weighted by Crippen LogP contribution is -2.27. The summed E-state index contributed by atoms with van der Waals surface area (Å²) in [6.07, 6.45) is 3.37. The van der Waals surface area contributed by atoms with Crippen LogP contribution in [0.3, 0.4) is 0 Å². The molecule has 1 heterocycles. The quantitative estimate of drug-likeness (QED) is 0.542. The van der Waals surface area contributed by atoms with Gasteiger partial charge in [-0.1, -0.05) is 19.8 Å². The molecule has 74 valence electrons. The van der Waals surface area contributed by atoms with Gasteiger partial charge in [-0.15, -0.1) is 0 Å². The van der Waals surface area contributed by atoms with Gasteiger partial charge in [0.1, 0.15) is 11.5 Å². The molecule has 0 saturated carbocycles. The Morgan fingerprint density at radius 3 is 2.77 bits per heavy atom. The van der Waals surface area contributed by atoms with Gasteiger partial charge in [0.05, 0.1) is 6.04 Å². The van der Waals surface area contributed by atoms with Gasteiger partial charge in [-0.3, -0.25) is 5.84 Å². The topological polar surface area (TPSA) is 51.2 Å². The molecule has 1 aromatic rings. The summed E-state index contributed by atoms with van der Waals surface area (Å²) in [6, 6.07) is 4.11. The van der Waals surface area contributed by atoms with Crippen molar-refractivity contribution in [2.24, 2.45) is 5.84 Å². The molecular weight excluding hydrogens is 164 g/mol. The van der Waals surface area contributed by atoms with Crippen LogP contribution >= 0.6 is 0 Å². The summed E-state index contributed by atoms with van der Waals surface area (Å²) in [5.74, 6) is 7.32. The third-order valence-corrected chi connectivity index (χ3v) is 2.15. The van der Waals surface area contributed by atoms with Crippen LogP contribution in [0.15, 0.2) is 16.5 Å². The monoisotopic (exact) mass is 182 g/mol. The van der Waals surface area contributed by atoms with Crippen molar-refractivity contribution < 1.29 is 4.42 Å². The van der Waals surface area contributed by atoms with E-state index in [1.54, 1.807) is 0 Å². The maximum atomic E-state index is 5.49. The fraction of sp³-hybridized carbons (Fsp3) is 0.600. The lowest BCUT2D eigenvalue weighted by Gasteiger charge is -2.11. The Hall–Kier alpha value is -0.800. The first kappa shape index (κ1) is 10.3. The first-order valence-corrected chi connectivity index (χ1v) is 4.80. The molecular formula is C10H18N2O. The number of furan rings is 1. The van der Waals surface area contributed by atoms with Gasteiger partial charge in [-0.2, -0.15) is 0 Å². The minimum Gasteiger partial charge on any atom is -0.465 e. The molecule has 0 bridgehead atoms. The number of nitrogens with two attached hydrogens (primary N) is 1. The first-order chi connectivity index (χ1) is 6.27. The molecule has 3 N–H and O–H groups in total. The zero-order chi connectivity index (χ0) is 9.68. The molecule has 1 aromatic heterocycles. The molecule has 1 unspecified atom stereocenters. The minimum absolute atomic E-state index is 0.161. The van der Waals surface area contributed by atoms with Crippen molar-refractivity contribution >= 4 is 0 Å². The number of rotatable bonds is 5. The van der Waals surface area contributed by atoms with Gasteiger partial charge in [0.15, 0.2) is 0 Å². The van der Waals surface area contributed by atoms with Crippen molar-refractivity contribution in [3.63, 3.8) is 0 Å². The molecule has 0 fully saturated rings. The molecule has 0 saturated heterocycles. The van der Waals surface area contributed by atoms with E-state index < -0.39 is 0 Å². The van der Waals surface area contributed by atoms with Crippen LogP contribution in [0, 0.1) is 6.92 Å². The van der Waals surface area contributed by atoms with Gasteiger partial charge in [-0.05, 0) is 25.5 Å². The van der Waals surface area contributed by atoms with Crippen LogP contribution in [-0.4, -0.2) is 0 Å². The highest BCUT2D eigenvalue weighted by Gasteiger charge is 2.11. The maximum Gasteiger partial charge on any atom is 0.122 e. The maximum absolute atomic E-state index is 5.49. The zero-order valence-electron chi connectivity index (χ0n) is 8.34. The van der Waals surface area contributed by atoms with Crippen molar-refractivity contribution in [1.82, 2.24) is 5.43 Å². The second kappa shape index (κ2) is 5.04. The third kappa shape index (κ3) is 2.86. The fourth-order valence-corrected chi connectivity index (χ4v) is 1.36. The lowest BCUT2D eigenvalue weighted by molar-refractivity contribution is 0.383. The van der Waals surface area contributed by atoms with Crippen molar-refractivity contribution in [3.8, 4) is 0 Å². The summed E-state index contributed by atoms with van der Waals surface area (Å²) in [7, 11) is 0. The highest BCUT2D eigenvalue weighted by Crippen LogP contribution is 2.20. The second-order valence-electron chi connectivity index (χ2n) is 3.31. The Morgan fingerprint density at radius 1 is 1.54 bits per heavy atom. The molecule has 0 radical (unpaired) electrons.